The zero-order valence-electron chi connectivity index (χ0n) is 9.16. The van der Waals surface area contributed by atoms with Crippen molar-refractivity contribution in [3.63, 3.8) is 0 Å². The van der Waals surface area contributed by atoms with Gasteiger partial charge in [-0.2, -0.15) is 0 Å². The standard InChI is InChI=1S/C12H12BrN3/c1-8-12(7-14-9(2)15-8)16-11-6-4-3-5-10(11)13/h3-7,16H,1-2H3. The van der Waals surface area contributed by atoms with Gasteiger partial charge in [0.15, 0.2) is 0 Å². The maximum absolute atomic E-state index is 4.31. The minimum absolute atomic E-state index is 0.787. The second kappa shape index (κ2) is 4.61. The summed E-state index contributed by atoms with van der Waals surface area (Å²) in [6.45, 7) is 3.85. The van der Waals surface area contributed by atoms with E-state index in [-0.39, 0.29) is 0 Å². The molecule has 0 radical (unpaired) electrons. The summed E-state index contributed by atoms with van der Waals surface area (Å²) in [6, 6.07) is 7.96. The van der Waals surface area contributed by atoms with Gasteiger partial charge in [0.1, 0.15) is 5.82 Å². The van der Waals surface area contributed by atoms with Crippen LogP contribution in [0.3, 0.4) is 0 Å². The molecule has 0 atom stereocenters. The molecule has 1 N–H and O–H groups in total. The van der Waals surface area contributed by atoms with Gasteiger partial charge in [-0.1, -0.05) is 12.1 Å². The second-order valence-electron chi connectivity index (χ2n) is 3.52. The van der Waals surface area contributed by atoms with Gasteiger partial charge in [0.25, 0.3) is 0 Å². The van der Waals surface area contributed by atoms with Crippen molar-refractivity contribution in [2.24, 2.45) is 0 Å². The summed E-state index contributed by atoms with van der Waals surface area (Å²) in [7, 11) is 0. The highest BCUT2D eigenvalue weighted by atomic mass is 79.9. The molecular weight excluding hydrogens is 266 g/mol. The summed E-state index contributed by atoms with van der Waals surface area (Å²) < 4.78 is 1.02. The summed E-state index contributed by atoms with van der Waals surface area (Å²) in [4.78, 5) is 8.49. The average molecular weight is 278 g/mol. The number of rotatable bonds is 2. The molecule has 0 aliphatic carbocycles. The van der Waals surface area contributed by atoms with E-state index in [4.69, 9.17) is 0 Å². The van der Waals surface area contributed by atoms with Crippen LogP contribution in [-0.2, 0) is 0 Å². The smallest absolute Gasteiger partial charge is 0.125 e. The number of nitrogens with zero attached hydrogens (tertiary/aromatic N) is 2. The van der Waals surface area contributed by atoms with Crippen LogP contribution in [0.2, 0.25) is 0 Å². The molecule has 0 fully saturated rings. The van der Waals surface area contributed by atoms with Crippen molar-refractivity contribution in [2.75, 3.05) is 5.32 Å². The Kier molecular flexibility index (Phi) is 3.19. The van der Waals surface area contributed by atoms with Crippen LogP contribution >= 0.6 is 15.9 Å². The zero-order chi connectivity index (χ0) is 11.5. The molecule has 3 nitrogen and oxygen atoms in total. The molecule has 0 saturated carbocycles. The van der Waals surface area contributed by atoms with Gasteiger partial charge in [0.05, 0.1) is 23.3 Å². The first-order valence-corrected chi connectivity index (χ1v) is 5.78. The van der Waals surface area contributed by atoms with Crippen LogP contribution in [0.4, 0.5) is 11.4 Å². The maximum atomic E-state index is 4.31. The molecule has 0 amide bonds. The van der Waals surface area contributed by atoms with Gasteiger partial charge in [-0.3, -0.25) is 0 Å². The molecule has 0 aliphatic rings. The van der Waals surface area contributed by atoms with Crippen molar-refractivity contribution in [1.29, 1.82) is 0 Å². The van der Waals surface area contributed by atoms with Crippen LogP contribution in [0.5, 0.6) is 0 Å². The van der Waals surface area contributed by atoms with E-state index in [0.29, 0.717) is 0 Å². The Morgan fingerprint density at radius 2 is 1.88 bits per heavy atom. The maximum Gasteiger partial charge on any atom is 0.125 e. The summed E-state index contributed by atoms with van der Waals surface area (Å²) in [5.74, 6) is 0.787. The lowest BCUT2D eigenvalue weighted by Crippen LogP contribution is -1.99. The van der Waals surface area contributed by atoms with Crippen molar-refractivity contribution in [1.82, 2.24) is 9.97 Å². The monoisotopic (exact) mass is 277 g/mol. The third-order valence-corrected chi connectivity index (χ3v) is 2.93. The van der Waals surface area contributed by atoms with Gasteiger partial charge >= 0.3 is 0 Å². The minimum Gasteiger partial charge on any atom is -0.352 e. The molecule has 0 saturated heterocycles. The van der Waals surface area contributed by atoms with Crippen molar-refractivity contribution >= 4 is 27.3 Å². The summed E-state index contributed by atoms with van der Waals surface area (Å²) in [5.41, 5.74) is 2.89. The van der Waals surface area contributed by atoms with E-state index in [1.54, 1.807) is 6.20 Å². The number of anilines is 2. The molecule has 2 aromatic rings. The molecule has 1 heterocycles. The summed E-state index contributed by atoms with van der Waals surface area (Å²) in [5, 5.41) is 3.30. The predicted octanol–water partition coefficient (Wildman–Crippen LogP) is 3.60. The number of hydrogen-bond acceptors (Lipinski definition) is 3. The highest BCUT2D eigenvalue weighted by Crippen LogP contribution is 2.25. The molecule has 1 aromatic carbocycles. The molecule has 82 valence electrons. The normalized spacial score (nSPS) is 10.2. The highest BCUT2D eigenvalue weighted by molar-refractivity contribution is 9.10. The van der Waals surface area contributed by atoms with Gasteiger partial charge in [-0.15, -0.1) is 0 Å². The average Bonchev–Trinajstić information content (AvgIpc) is 2.25. The van der Waals surface area contributed by atoms with E-state index in [0.717, 1.165) is 27.4 Å². The number of hydrogen-bond donors (Lipinski definition) is 1. The molecule has 0 bridgehead atoms. The number of halogens is 1. The molecular formula is C12H12BrN3. The van der Waals surface area contributed by atoms with Crippen LogP contribution in [0.1, 0.15) is 11.5 Å². The van der Waals surface area contributed by atoms with Crippen LogP contribution < -0.4 is 5.32 Å². The molecule has 0 spiro atoms. The summed E-state index contributed by atoms with van der Waals surface area (Å²) in [6.07, 6.45) is 1.80. The highest BCUT2D eigenvalue weighted by Gasteiger charge is 2.03. The number of para-hydroxylation sites is 1. The summed E-state index contributed by atoms with van der Waals surface area (Å²) >= 11 is 3.49. The van der Waals surface area contributed by atoms with Crippen LogP contribution in [0.15, 0.2) is 34.9 Å². The fourth-order valence-corrected chi connectivity index (χ4v) is 1.80. The molecule has 4 heteroatoms. The number of aryl methyl sites for hydroxylation is 2. The minimum atomic E-state index is 0.787. The first-order chi connectivity index (χ1) is 7.66. The Bertz CT molecular complexity index is 511. The van der Waals surface area contributed by atoms with Crippen LogP contribution in [0.25, 0.3) is 0 Å². The van der Waals surface area contributed by atoms with E-state index < -0.39 is 0 Å². The molecule has 16 heavy (non-hydrogen) atoms. The van der Waals surface area contributed by atoms with Crippen LogP contribution in [-0.4, -0.2) is 9.97 Å². The SMILES string of the molecule is Cc1ncc(Nc2ccccc2Br)c(C)n1. The number of nitrogens with one attached hydrogen (secondary N) is 1. The Balaban J connectivity index is 2.31. The number of aromatic nitrogens is 2. The van der Waals surface area contributed by atoms with Crippen molar-refractivity contribution in [2.45, 2.75) is 13.8 Å². The van der Waals surface area contributed by atoms with Gasteiger partial charge in [0.2, 0.25) is 0 Å². The lowest BCUT2D eigenvalue weighted by atomic mass is 10.3. The Hall–Kier alpha value is -1.42. The topological polar surface area (TPSA) is 37.8 Å². The van der Waals surface area contributed by atoms with E-state index in [1.807, 2.05) is 38.1 Å². The largest absolute Gasteiger partial charge is 0.352 e. The lowest BCUT2D eigenvalue weighted by molar-refractivity contribution is 1.01. The third-order valence-electron chi connectivity index (χ3n) is 2.24. The van der Waals surface area contributed by atoms with Gasteiger partial charge in [-0.25, -0.2) is 9.97 Å². The first kappa shape index (κ1) is 11.1. The molecule has 2 rings (SSSR count). The van der Waals surface area contributed by atoms with Crippen molar-refractivity contribution in [3.8, 4) is 0 Å². The Labute approximate surface area is 103 Å². The second-order valence-corrected chi connectivity index (χ2v) is 4.38. The lowest BCUT2D eigenvalue weighted by Gasteiger charge is -2.10. The fourth-order valence-electron chi connectivity index (χ4n) is 1.41. The zero-order valence-corrected chi connectivity index (χ0v) is 10.7. The van der Waals surface area contributed by atoms with Crippen molar-refractivity contribution in [3.05, 3.63) is 46.5 Å². The third kappa shape index (κ3) is 2.39. The van der Waals surface area contributed by atoms with Crippen LogP contribution in [0, 0.1) is 13.8 Å². The quantitative estimate of drug-likeness (QED) is 0.912. The van der Waals surface area contributed by atoms with E-state index in [9.17, 15) is 0 Å². The van der Waals surface area contributed by atoms with Gasteiger partial charge < -0.3 is 5.32 Å². The van der Waals surface area contributed by atoms with Gasteiger partial charge in [0, 0.05) is 4.47 Å². The fraction of sp³-hybridized carbons (Fsp3) is 0.167. The molecule has 0 unspecified atom stereocenters. The van der Waals surface area contributed by atoms with Crippen molar-refractivity contribution < 1.29 is 0 Å². The molecule has 0 aliphatic heterocycles. The number of benzene rings is 1. The first-order valence-electron chi connectivity index (χ1n) is 4.98. The van der Waals surface area contributed by atoms with E-state index in [1.165, 1.54) is 0 Å². The van der Waals surface area contributed by atoms with E-state index >= 15 is 0 Å². The molecule has 1 aromatic heterocycles. The Morgan fingerprint density at radius 1 is 1.12 bits per heavy atom. The van der Waals surface area contributed by atoms with Gasteiger partial charge in [-0.05, 0) is 41.9 Å². The predicted molar refractivity (Wildman–Crippen MR) is 68.9 cm³/mol. The van der Waals surface area contributed by atoms with E-state index in [2.05, 4.69) is 31.2 Å². The Morgan fingerprint density at radius 3 is 2.56 bits per heavy atom.